The Balaban J connectivity index is 2.09. The Kier molecular flexibility index (Phi) is 3.18. The van der Waals surface area contributed by atoms with E-state index in [2.05, 4.69) is 10.3 Å². The van der Waals surface area contributed by atoms with Crippen molar-refractivity contribution in [2.24, 2.45) is 0 Å². The number of carboxylic acids is 1. The molecule has 0 fully saturated rings. The minimum Gasteiger partial charge on any atom is -0.476 e. The second-order valence-electron chi connectivity index (χ2n) is 3.93. The van der Waals surface area contributed by atoms with Crippen molar-refractivity contribution < 1.29 is 9.90 Å². The van der Waals surface area contributed by atoms with Gasteiger partial charge in [-0.3, -0.25) is 0 Å². The highest BCUT2D eigenvalue weighted by atomic mass is 16.4. The van der Waals surface area contributed by atoms with Gasteiger partial charge in [0.05, 0.1) is 12.2 Å². The maximum atomic E-state index is 10.7. The molecule has 0 radical (unpaired) electrons. The lowest BCUT2D eigenvalue weighted by atomic mass is 10.1. The predicted octanol–water partition coefficient (Wildman–Crippen LogP) is 1.78. The molecule has 0 aliphatic carbocycles. The van der Waals surface area contributed by atoms with Crippen LogP contribution in [0.4, 0.5) is 0 Å². The Morgan fingerprint density at radius 2 is 2.12 bits per heavy atom. The highest BCUT2D eigenvalue weighted by Crippen LogP contribution is 2.12. The molecule has 17 heavy (non-hydrogen) atoms. The zero-order valence-corrected chi connectivity index (χ0v) is 9.45. The van der Waals surface area contributed by atoms with Gasteiger partial charge in [-0.15, -0.1) is 5.10 Å². The van der Waals surface area contributed by atoms with Crippen LogP contribution in [0.1, 0.15) is 29.0 Å². The van der Waals surface area contributed by atoms with Crippen LogP contribution in [0.15, 0.2) is 36.5 Å². The van der Waals surface area contributed by atoms with Crippen molar-refractivity contribution in [3.05, 3.63) is 47.8 Å². The van der Waals surface area contributed by atoms with Gasteiger partial charge < -0.3 is 5.11 Å². The molecule has 1 N–H and O–H groups in total. The summed E-state index contributed by atoms with van der Waals surface area (Å²) in [5.74, 6) is -1.05. The fourth-order valence-corrected chi connectivity index (χ4v) is 1.64. The van der Waals surface area contributed by atoms with Crippen molar-refractivity contribution in [3.8, 4) is 0 Å². The maximum absolute atomic E-state index is 10.7. The van der Waals surface area contributed by atoms with Crippen LogP contribution in [0.25, 0.3) is 0 Å². The van der Waals surface area contributed by atoms with Gasteiger partial charge in [-0.25, -0.2) is 9.48 Å². The highest BCUT2D eigenvalue weighted by Gasteiger charge is 2.12. The Morgan fingerprint density at radius 1 is 1.41 bits per heavy atom. The van der Waals surface area contributed by atoms with Crippen molar-refractivity contribution in [2.75, 3.05) is 0 Å². The molecule has 1 unspecified atom stereocenters. The van der Waals surface area contributed by atoms with E-state index in [-0.39, 0.29) is 11.7 Å². The molecule has 1 heterocycles. The number of aromatic nitrogens is 3. The van der Waals surface area contributed by atoms with Gasteiger partial charge in [-0.2, -0.15) is 0 Å². The van der Waals surface area contributed by atoms with Crippen LogP contribution in [0.2, 0.25) is 0 Å². The SMILES string of the molecule is CC(Cc1ccccc1)n1cc(C(=O)O)nn1. The Bertz CT molecular complexity index is 507. The van der Waals surface area contributed by atoms with Crippen LogP contribution in [-0.2, 0) is 6.42 Å². The first-order valence-electron chi connectivity index (χ1n) is 5.36. The first-order valence-corrected chi connectivity index (χ1v) is 5.36. The van der Waals surface area contributed by atoms with Gasteiger partial charge in [-0.1, -0.05) is 35.5 Å². The van der Waals surface area contributed by atoms with E-state index < -0.39 is 5.97 Å². The number of hydrogen-bond donors (Lipinski definition) is 1. The van der Waals surface area contributed by atoms with Crippen LogP contribution in [0.3, 0.4) is 0 Å². The molecule has 0 saturated carbocycles. The first-order chi connectivity index (χ1) is 8.16. The fraction of sp³-hybridized carbons (Fsp3) is 0.250. The van der Waals surface area contributed by atoms with Gasteiger partial charge >= 0.3 is 5.97 Å². The lowest BCUT2D eigenvalue weighted by Crippen LogP contribution is -2.09. The van der Waals surface area contributed by atoms with Gasteiger partial charge in [0.15, 0.2) is 5.69 Å². The monoisotopic (exact) mass is 231 g/mol. The van der Waals surface area contributed by atoms with E-state index in [0.717, 1.165) is 6.42 Å². The van der Waals surface area contributed by atoms with Gasteiger partial charge in [0, 0.05) is 0 Å². The minimum absolute atomic E-state index is 0.0232. The average molecular weight is 231 g/mol. The summed E-state index contributed by atoms with van der Waals surface area (Å²) in [7, 11) is 0. The second-order valence-corrected chi connectivity index (χ2v) is 3.93. The maximum Gasteiger partial charge on any atom is 0.358 e. The summed E-state index contributed by atoms with van der Waals surface area (Å²) in [5.41, 5.74) is 1.16. The molecule has 0 aliphatic heterocycles. The average Bonchev–Trinajstić information content (AvgIpc) is 2.79. The lowest BCUT2D eigenvalue weighted by molar-refractivity contribution is 0.0690. The smallest absolute Gasteiger partial charge is 0.358 e. The van der Waals surface area contributed by atoms with E-state index in [1.54, 1.807) is 4.68 Å². The molecule has 1 atom stereocenters. The number of benzene rings is 1. The molecule has 88 valence electrons. The highest BCUT2D eigenvalue weighted by molar-refractivity contribution is 5.84. The summed E-state index contributed by atoms with van der Waals surface area (Å²) in [6.45, 7) is 1.98. The van der Waals surface area contributed by atoms with E-state index in [9.17, 15) is 4.79 Å². The molecule has 0 amide bonds. The van der Waals surface area contributed by atoms with Crippen molar-refractivity contribution in [1.29, 1.82) is 0 Å². The minimum atomic E-state index is -1.05. The summed E-state index contributed by atoms with van der Waals surface area (Å²) < 4.78 is 1.58. The van der Waals surface area contributed by atoms with Crippen LogP contribution >= 0.6 is 0 Å². The Morgan fingerprint density at radius 3 is 2.71 bits per heavy atom. The van der Waals surface area contributed by atoms with Gasteiger partial charge in [-0.05, 0) is 18.9 Å². The van der Waals surface area contributed by atoms with Crippen LogP contribution in [0.5, 0.6) is 0 Å². The Hall–Kier alpha value is -2.17. The van der Waals surface area contributed by atoms with Crippen LogP contribution in [0, 0.1) is 0 Å². The van der Waals surface area contributed by atoms with E-state index >= 15 is 0 Å². The number of carboxylic acid groups (broad SMARTS) is 1. The molecule has 0 saturated heterocycles. The number of hydrogen-bond acceptors (Lipinski definition) is 3. The predicted molar refractivity (Wildman–Crippen MR) is 61.8 cm³/mol. The summed E-state index contributed by atoms with van der Waals surface area (Å²) >= 11 is 0. The number of carbonyl (C=O) groups is 1. The molecule has 1 aromatic heterocycles. The van der Waals surface area contributed by atoms with E-state index in [4.69, 9.17) is 5.11 Å². The van der Waals surface area contributed by atoms with E-state index in [0.29, 0.717) is 0 Å². The van der Waals surface area contributed by atoms with E-state index in [1.165, 1.54) is 11.8 Å². The van der Waals surface area contributed by atoms with Gasteiger partial charge in [0.25, 0.3) is 0 Å². The molecule has 2 aromatic rings. The summed E-state index contributed by atoms with van der Waals surface area (Å²) in [6.07, 6.45) is 2.25. The van der Waals surface area contributed by atoms with Crippen molar-refractivity contribution in [1.82, 2.24) is 15.0 Å². The van der Waals surface area contributed by atoms with Crippen molar-refractivity contribution >= 4 is 5.97 Å². The third-order valence-corrected chi connectivity index (χ3v) is 2.55. The molecule has 5 nitrogen and oxygen atoms in total. The molecule has 0 spiro atoms. The first kappa shape index (κ1) is 11.3. The molecule has 5 heteroatoms. The molecule has 0 aliphatic rings. The molecule has 0 bridgehead atoms. The number of aromatic carboxylic acids is 1. The van der Waals surface area contributed by atoms with Gasteiger partial charge in [0.1, 0.15) is 0 Å². The quantitative estimate of drug-likeness (QED) is 0.870. The summed E-state index contributed by atoms with van der Waals surface area (Å²) in [5, 5.41) is 16.2. The van der Waals surface area contributed by atoms with Crippen molar-refractivity contribution in [3.63, 3.8) is 0 Å². The van der Waals surface area contributed by atoms with E-state index in [1.807, 2.05) is 37.3 Å². The number of rotatable bonds is 4. The normalized spacial score (nSPS) is 12.3. The Labute approximate surface area is 98.7 Å². The molecular weight excluding hydrogens is 218 g/mol. The lowest BCUT2D eigenvalue weighted by Gasteiger charge is -2.10. The molecule has 1 aromatic carbocycles. The largest absolute Gasteiger partial charge is 0.476 e. The summed E-state index contributed by atoms with van der Waals surface area (Å²) in [4.78, 5) is 10.7. The zero-order chi connectivity index (χ0) is 12.3. The third-order valence-electron chi connectivity index (χ3n) is 2.55. The van der Waals surface area contributed by atoms with Crippen LogP contribution in [-0.4, -0.2) is 26.1 Å². The van der Waals surface area contributed by atoms with Gasteiger partial charge in [0.2, 0.25) is 0 Å². The summed E-state index contributed by atoms with van der Waals surface area (Å²) in [6, 6.07) is 10.1. The van der Waals surface area contributed by atoms with Crippen LogP contribution < -0.4 is 0 Å². The van der Waals surface area contributed by atoms with Crippen molar-refractivity contribution in [2.45, 2.75) is 19.4 Å². The zero-order valence-electron chi connectivity index (χ0n) is 9.45. The topological polar surface area (TPSA) is 68.0 Å². The molecular formula is C12H13N3O2. The fourth-order valence-electron chi connectivity index (χ4n) is 1.64. The molecule has 2 rings (SSSR count). The third kappa shape index (κ3) is 2.69. The standard InChI is InChI=1S/C12H13N3O2/c1-9(7-10-5-3-2-4-6-10)15-8-11(12(16)17)13-14-15/h2-6,8-9H,7H2,1H3,(H,16,17). The number of nitrogens with zero attached hydrogens (tertiary/aromatic N) is 3. The second kappa shape index (κ2) is 4.78.